The molecule has 27 heavy (non-hydrogen) atoms. The molecule has 0 saturated carbocycles. The molecule has 0 radical (unpaired) electrons. The molecule has 0 aromatic heterocycles. The molecule has 9 heteroatoms. The number of nitrogens with one attached hydrogen (secondary N) is 3. The molecular formula is C18H15ClN4O4. The summed E-state index contributed by atoms with van der Waals surface area (Å²) in [6.45, 7) is 3.78. The lowest BCUT2D eigenvalue weighted by molar-refractivity contribution is -0.384. The van der Waals surface area contributed by atoms with Gasteiger partial charge in [0.05, 0.1) is 11.0 Å². The zero-order chi connectivity index (χ0) is 19.6. The Morgan fingerprint density at radius 1 is 1.22 bits per heavy atom. The Bertz CT molecular complexity index is 946. The van der Waals surface area contributed by atoms with E-state index in [1.807, 2.05) is 0 Å². The summed E-state index contributed by atoms with van der Waals surface area (Å²) in [5.41, 5.74) is 0.973. The highest BCUT2D eigenvalue weighted by Crippen LogP contribution is 2.32. The van der Waals surface area contributed by atoms with Crippen LogP contribution in [0.3, 0.4) is 0 Å². The molecular weight excluding hydrogens is 372 g/mol. The second kappa shape index (κ2) is 7.46. The SMILES string of the molecule is C=C1NC(=O)N[C@@H](c2cccc(Cl)c2)[C@H]1C(=O)Nc1cccc([N+](=O)[O-])c1. The van der Waals surface area contributed by atoms with Crippen LogP contribution in [0.25, 0.3) is 0 Å². The van der Waals surface area contributed by atoms with Crippen molar-refractivity contribution in [3.8, 4) is 0 Å². The summed E-state index contributed by atoms with van der Waals surface area (Å²) in [5, 5.41) is 19.2. The monoisotopic (exact) mass is 386 g/mol. The van der Waals surface area contributed by atoms with Crippen molar-refractivity contribution in [2.45, 2.75) is 6.04 Å². The minimum absolute atomic E-state index is 0.145. The Kier molecular flexibility index (Phi) is 5.09. The first-order valence-corrected chi connectivity index (χ1v) is 8.30. The van der Waals surface area contributed by atoms with Gasteiger partial charge in [0.15, 0.2) is 0 Å². The minimum Gasteiger partial charge on any atom is -0.330 e. The summed E-state index contributed by atoms with van der Waals surface area (Å²) in [4.78, 5) is 35.1. The highest BCUT2D eigenvalue weighted by molar-refractivity contribution is 6.30. The Hall–Kier alpha value is -3.39. The number of non-ortho nitro benzene ring substituents is 1. The van der Waals surface area contributed by atoms with Crippen molar-refractivity contribution < 1.29 is 14.5 Å². The van der Waals surface area contributed by atoms with Gasteiger partial charge in [0.2, 0.25) is 5.91 Å². The molecule has 0 unspecified atom stereocenters. The fraction of sp³-hybridized carbons (Fsp3) is 0.111. The third-order valence-corrected chi connectivity index (χ3v) is 4.32. The first-order valence-electron chi connectivity index (χ1n) is 7.92. The van der Waals surface area contributed by atoms with Crippen molar-refractivity contribution in [1.82, 2.24) is 10.6 Å². The second-order valence-corrected chi connectivity index (χ2v) is 6.37. The lowest BCUT2D eigenvalue weighted by atomic mass is 9.88. The fourth-order valence-corrected chi connectivity index (χ4v) is 3.09. The number of anilines is 1. The number of nitro groups is 1. The first-order chi connectivity index (χ1) is 12.8. The minimum atomic E-state index is -0.847. The highest BCUT2D eigenvalue weighted by Gasteiger charge is 2.38. The van der Waals surface area contributed by atoms with Gasteiger partial charge >= 0.3 is 6.03 Å². The highest BCUT2D eigenvalue weighted by atomic mass is 35.5. The molecule has 1 aliphatic heterocycles. The molecule has 2 atom stereocenters. The van der Waals surface area contributed by atoms with Crippen molar-refractivity contribution in [2.75, 3.05) is 5.32 Å². The van der Waals surface area contributed by atoms with E-state index in [0.717, 1.165) is 0 Å². The van der Waals surface area contributed by atoms with Crippen LogP contribution in [0.5, 0.6) is 0 Å². The molecule has 3 amide bonds. The van der Waals surface area contributed by atoms with Crippen LogP contribution in [0.4, 0.5) is 16.2 Å². The lowest BCUT2D eigenvalue weighted by Gasteiger charge is -2.34. The van der Waals surface area contributed by atoms with Crippen LogP contribution < -0.4 is 16.0 Å². The maximum Gasteiger partial charge on any atom is 0.319 e. The van der Waals surface area contributed by atoms with Gasteiger partial charge in [-0.1, -0.05) is 36.4 Å². The van der Waals surface area contributed by atoms with E-state index < -0.39 is 28.8 Å². The number of urea groups is 1. The summed E-state index contributed by atoms with van der Waals surface area (Å²) < 4.78 is 0. The summed E-state index contributed by atoms with van der Waals surface area (Å²) >= 11 is 6.03. The van der Waals surface area contributed by atoms with Crippen molar-refractivity contribution in [3.05, 3.63) is 81.5 Å². The van der Waals surface area contributed by atoms with E-state index >= 15 is 0 Å². The Labute approximate surface area is 159 Å². The van der Waals surface area contributed by atoms with Gasteiger partial charge in [-0.2, -0.15) is 0 Å². The van der Waals surface area contributed by atoms with Gasteiger partial charge in [0.1, 0.15) is 5.92 Å². The molecule has 1 saturated heterocycles. The molecule has 1 aliphatic rings. The topological polar surface area (TPSA) is 113 Å². The van der Waals surface area contributed by atoms with Crippen LogP contribution in [-0.4, -0.2) is 16.9 Å². The predicted octanol–water partition coefficient (Wildman–Crippen LogP) is 3.37. The van der Waals surface area contributed by atoms with E-state index in [0.29, 0.717) is 10.6 Å². The van der Waals surface area contributed by atoms with Crippen LogP contribution in [0, 0.1) is 16.0 Å². The molecule has 2 aromatic rings. The summed E-state index contributed by atoms with van der Waals surface area (Å²) in [6, 6.07) is 11.2. The molecule has 0 bridgehead atoms. The quantitative estimate of drug-likeness (QED) is 0.552. The lowest BCUT2D eigenvalue weighted by Crippen LogP contribution is -2.51. The van der Waals surface area contributed by atoms with Crippen LogP contribution >= 0.6 is 11.6 Å². The summed E-state index contributed by atoms with van der Waals surface area (Å²) in [5.74, 6) is -1.32. The molecule has 0 aliphatic carbocycles. The third kappa shape index (κ3) is 4.06. The van der Waals surface area contributed by atoms with Crippen LogP contribution in [0.2, 0.25) is 5.02 Å². The van der Waals surface area contributed by atoms with Gasteiger partial charge in [-0.25, -0.2) is 4.79 Å². The number of rotatable bonds is 4. The average molecular weight is 387 g/mol. The number of halogens is 1. The number of hydrogen-bond acceptors (Lipinski definition) is 4. The number of carbonyl (C=O) groups is 2. The second-order valence-electron chi connectivity index (χ2n) is 5.93. The molecule has 2 aromatic carbocycles. The maximum absolute atomic E-state index is 12.9. The number of nitro benzene ring substituents is 1. The van der Waals surface area contributed by atoms with E-state index in [1.54, 1.807) is 24.3 Å². The van der Waals surface area contributed by atoms with Crippen LogP contribution in [0.1, 0.15) is 11.6 Å². The number of carbonyl (C=O) groups excluding carboxylic acids is 2. The number of benzene rings is 2. The molecule has 1 heterocycles. The van der Waals surface area contributed by atoms with E-state index in [1.165, 1.54) is 24.3 Å². The normalized spacial score (nSPS) is 19.0. The van der Waals surface area contributed by atoms with Crippen LogP contribution in [0.15, 0.2) is 60.8 Å². The number of hydrogen-bond donors (Lipinski definition) is 3. The molecule has 0 spiro atoms. The number of nitrogens with zero attached hydrogens (tertiary/aromatic N) is 1. The zero-order valence-electron chi connectivity index (χ0n) is 13.9. The van der Waals surface area contributed by atoms with Crippen LogP contribution in [-0.2, 0) is 4.79 Å². The van der Waals surface area contributed by atoms with Gasteiger partial charge in [-0.05, 0) is 23.8 Å². The Morgan fingerprint density at radius 3 is 2.67 bits per heavy atom. The average Bonchev–Trinajstić information content (AvgIpc) is 2.61. The Balaban J connectivity index is 1.90. The molecule has 1 fully saturated rings. The summed E-state index contributed by atoms with van der Waals surface area (Å²) in [7, 11) is 0. The van der Waals surface area contributed by atoms with Crippen molar-refractivity contribution in [3.63, 3.8) is 0 Å². The van der Waals surface area contributed by atoms with Crippen molar-refractivity contribution in [2.24, 2.45) is 5.92 Å². The van der Waals surface area contributed by atoms with Gasteiger partial charge in [0.25, 0.3) is 5.69 Å². The van der Waals surface area contributed by atoms with E-state index in [9.17, 15) is 19.7 Å². The zero-order valence-corrected chi connectivity index (χ0v) is 14.7. The standard InChI is InChI=1S/C18H15ClN4O4/c1-10-15(17(24)21-13-6-3-7-14(9-13)23(26)27)16(22-18(25)20-10)11-4-2-5-12(19)8-11/h2-9,15-16H,1H2,(H,21,24)(H2,20,22,25)/t15-,16-/m0/s1. The first kappa shape index (κ1) is 18.4. The fourth-order valence-electron chi connectivity index (χ4n) is 2.89. The maximum atomic E-state index is 12.9. The molecule has 3 N–H and O–H groups in total. The van der Waals surface area contributed by atoms with E-state index in [4.69, 9.17) is 11.6 Å². The van der Waals surface area contributed by atoms with E-state index in [2.05, 4.69) is 22.5 Å². The predicted molar refractivity (Wildman–Crippen MR) is 100 cm³/mol. The summed E-state index contributed by atoms with van der Waals surface area (Å²) in [6.07, 6.45) is 0. The van der Waals surface area contributed by atoms with Gasteiger partial charge in [0, 0.05) is 28.5 Å². The van der Waals surface area contributed by atoms with Gasteiger partial charge < -0.3 is 16.0 Å². The third-order valence-electron chi connectivity index (χ3n) is 4.08. The van der Waals surface area contributed by atoms with E-state index in [-0.39, 0.29) is 17.1 Å². The molecule has 138 valence electrons. The molecule has 8 nitrogen and oxygen atoms in total. The number of amides is 3. The van der Waals surface area contributed by atoms with Gasteiger partial charge in [-0.3, -0.25) is 14.9 Å². The van der Waals surface area contributed by atoms with Gasteiger partial charge in [-0.15, -0.1) is 0 Å². The smallest absolute Gasteiger partial charge is 0.319 e. The largest absolute Gasteiger partial charge is 0.330 e. The Morgan fingerprint density at radius 2 is 1.96 bits per heavy atom. The van der Waals surface area contributed by atoms with Crippen molar-refractivity contribution in [1.29, 1.82) is 0 Å². The van der Waals surface area contributed by atoms with Crippen molar-refractivity contribution >= 4 is 34.9 Å². The molecule has 3 rings (SSSR count).